The van der Waals surface area contributed by atoms with E-state index in [0.29, 0.717) is 0 Å². The van der Waals surface area contributed by atoms with E-state index in [-0.39, 0.29) is 59.1 Å². The van der Waals surface area contributed by atoms with Gasteiger partial charge in [0, 0.05) is 11.1 Å². The van der Waals surface area contributed by atoms with Crippen LogP contribution < -0.4 is 64.2 Å². The van der Waals surface area contributed by atoms with Gasteiger partial charge in [0.05, 0.1) is 0 Å². The third-order valence-corrected chi connectivity index (χ3v) is 1.03. The largest absolute Gasteiger partial charge is 1.00 e. The van der Waals surface area contributed by atoms with Gasteiger partial charge in [-0.3, -0.25) is 4.21 Å². The Balaban J connectivity index is -0.000000320. The van der Waals surface area contributed by atoms with E-state index in [1.165, 1.54) is 0 Å². The molecular weight excluding hydrogens is 204 g/mol. The van der Waals surface area contributed by atoms with Crippen molar-refractivity contribution in [3.63, 3.8) is 0 Å². The molecule has 0 saturated carbocycles. The first-order valence-corrected chi connectivity index (χ1v) is 2.65. The van der Waals surface area contributed by atoms with Crippen molar-refractivity contribution in [2.45, 2.75) is 5.25 Å². The Kier molecular flexibility index (Phi) is 11.5. The van der Waals surface area contributed by atoms with Crippen molar-refractivity contribution in [2.24, 2.45) is 0 Å². The summed E-state index contributed by atoms with van der Waals surface area (Å²) in [6, 6.07) is 0. The van der Waals surface area contributed by atoms with Gasteiger partial charge in [0.1, 0.15) is 5.97 Å². The van der Waals surface area contributed by atoms with Crippen LogP contribution in [-0.2, 0) is 15.9 Å². The predicted molar refractivity (Wildman–Crippen MR) is 18.9 cm³/mol. The van der Waals surface area contributed by atoms with Gasteiger partial charge in [-0.1, -0.05) is 0 Å². The zero-order valence-corrected chi connectivity index (χ0v) is 10.6. The first-order valence-electron chi connectivity index (χ1n) is 1.57. The van der Waals surface area contributed by atoms with Crippen LogP contribution in [0.2, 0.25) is 0 Å². The van der Waals surface area contributed by atoms with Crippen LogP contribution in [0.15, 0.2) is 0 Å². The number of carbonyl (C=O) groups is 1. The van der Waals surface area contributed by atoms with Crippen molar-refractivity contribution in [2.75, 3.05) is 0 Å². The number of carbonyl (C=O) groups excluding carboxylic acids is 1. The van der Waals surface area contributed by atoms with Gasteiger partial charge in [0.2, 0.25) is 0 Å². The molecule has 0 aromatic heterocycles. The Bertz CT molecular complexity index is 146. The summed E-state index contributed by atoms with van der Waals surface area (Å²) in [6.45, 7) is 0. The van der Waals surface area contributed by atoms with Gasteiger partial charge in [0.25, 0.3) is 0 Å². The minimum atomic E-state index is -4.78. The molecule has 1 unspecified atom stereocenters. The van der Waals surface area contributed by atoms with Crippen LogP contribution in [-0.4, -0.2) is 20.0 Å². The molecule has 11 heavy (non-hydrogen) atoms. The summed E-state index contributed by atoms with van der Waals surface area (Å²) in [5.74, 6) is -2.92. The summed E-state index contributed by atoms with van der Waals surface area (Å²) in [5.41, 5.74) is 0. The van der Waals surface area contributed by atoms with Gasteiger partial charge in [0.15, 0.2) is 0 Å². The molecule has 54 valence electrons. The fourth-order valence-corrected chi connectivity index (χ4v) is 0.204. The van der Waals surface area contributed by atoms with Crippen LogP contribution in [0.4, 0.5) is 8.78 Å². The van der Waals surface area contributed by atoms with Gasteiger partial charge in [-0.2, -0.15) is 8.78 Å². The molecule has 0 N–H and O–H groups in total. The summed E-state index contributed by atoms with van der Waals surface area (Å²) >= 11 is -3.95. The van der Waals surface area contributed by atoms with Crippen LogP contribution in [0.5, 0.6) is 0 Å². The molecule has 0 rings (SSSR count). The summed E-state index contributed by atoms with van der Waals surface area (Å²) < 4.78 is 41.4. The Morgan fingerprint density at radius 3 is 1.64 bits per heavy atom. The van der Waals surface area contributed by atoms with E-state index in [9.17, 15) is 27.4 Å². The van der Waals surface area contributed by atoms with Crippen LogP contribution in [0.3, 0.4) is 0 Å². The molecule has 0 radical (unpaired) electrons. The van der Waals surface area contributed by atoms with E-state index in [2.05, 4.69) is 0 Å². The summed E-state index contributed by atoms with van der Waals surface area (Å²) in [7, 11) is 0. The molecule has 0 aromatic rings. The van der Waals surface area contributed by atoms with E-state index in [1.54, 1.807) is 0 Å². The normalized spacial score (nSPS) is 12.3. The number of hydrogen-bond acceptors (Lipinski definition) is 4. The summed E-state index contributed by atoms with van der Waals surface area (Å²) in [5, 5.41) is 4.43. The first-order chi connectivity index (χ1) is 3.89. The molecule has 0 heterocycles. The topological polar surface area (TPSA) is 80.3 Å². The molecule has 0 aliphatic carbocycles. The Hall–Kier alpha value is 1.44. The fraction of sp³-hybridized carbons (Fsp3) is 0.500. The molecule has 0 saturated heterocycles. The van der Waals surface area contributed by atoms with Crippen molar-refractivity contribution in [1.82, 2.24) is 0 Å². The van der Waals surface area contributed by atoms with E-state index >= 15 is 0 Å². The number of alkyl halides is 2. The van der Waals surface area contributed by atoms with Gasteiger partial charge < -0.3 is 14.5 Å². The van der Waals surface area contributed by atoms with Gasteiger partial charge in [-0.05, 0) is 0 Å². The molecular formula is C2F2Na2O4S. The van der Waals surface area contributed by atoms with Gasteiger partial charge in [-0.15, -0.1) is 0 Å². The zero-order valence-electron chi connectivity index (χ0n) is 5.80. The fourth-order valence-electron chi connectivity index (χ4n) is 0.0680. The predicted octanol–water partition coefficient (Wildman–Crippen LogP) is -7.78. The molecule has 0 spiro atoms. The Morgan fingerprint density at radius 2 is 1.64 bits per heavy atom. The first kappa shape index (κ1) is 18.3. The second kappa shape index (κ2) is 6.90. The van der Waals surface area contributed by atoms with Gasteiger partial charge >= 0.3 is 64.4 Å². The standard InChI is InChI=1S/C2H2F2O4S.2Na/c3-2(4,1(5)6)9(7)8;;/h(H,5,6)(H,7,8);;/q;2*+1/p-2. The average Bonchev–Trinajstić information content (AvgIpc) is 1.65. The number of halogens is 2. The van der Waals surface area contributed by atoms with E-state index in [4.69, 9.17) is 0 Å². The van der Waals surface area contributed by atoms with Crippen molar-refractivity contribution >= 4 is 17.0 Å². The Labute approximate surface area is 108 Å². The van der Waals surface area contributed by atoms with E-state index < -0.39 is 22.3 Å². The average molecular weight is 204 g/mol. The monoisotopic (exact) mass is 204 g/mol. The van der Waals surface area contributed by atoms with E-state index in [0.717, 1.165) is 0 Å². The van der Waals surface area contributed by atoms with Crippen LogP contribution >= 0.6 is 0 Å². The molecule has 0 bridgehead atoms. The zero-order chi connectivity index (χ0) is 7.65. The minimum Gasteiger partial charge on any atom is -0.768 e. The number of carboxylic acids is 1. The molecule has 4 nitrogen and oxygen atoms in total. The van der Waals surface area contributed by atoms with Crippen molar-refractivity contribution < 1.29 is 86.6 Å². The number of rotatable bonds is 2. The maximum atomic E-state index is 11.4. The molecule has 0 aliphatic rings. The Morgan fingerprint density at radius 1 is 1.36 bits per heavy atom. The quantitative estimate of drug-likeness (QED) is 0.330. The van der Waals surface area contributed by atoms with Crippen LogP contribution in [0.1, 0.15) is 0 Å². The van der Waals surface area contributed by atoms with Crippen molar-refractivity contribution in [3.05, 3.63) is 0 Å². The summed E-state index contributed by atoms with van der Waals surface area (Å²) in [6.07, 6.45) is 0. The second-order valence-electron chi connectivity index (χ2n) is 1.04. The van der Waals surface area contributed by atoms with Gasteiger partial charge in [-0.25, -0.2) is 0 Å². The van der Waals surface area contributed by atoms with Crippen LogP contribution in [0, 0.1) is 0 Å². The molecule has 9 heteroatoms. The SMILES string of the molecule is O=C([O-])C(F)(F)S(=O)[O-].[Na+].[Na+]. The second-order valence-corrected chi connectivity index (χ2v) is 2.02. The molecule has 1 atom stereocenters. The molecule has 0 aliphatic heterocycles. The van der Waals surface area contributed by atoms with Crippen molar-refractivity contribution in [3.8, 4) is 0 Å². The minimum absolute atomic E-state index is 0. The number of carboxylic acid groups (broad SMARTS) is 1. The molecule has 0 fully saturated rings. The van der Waals surface area contributed by atoms with Crippen molar-refractivity contribution in [1.29, 1.82) is 0 Å². The smallest absolute Gasteiger partial charge is 0.768 e. The molecule has 0 amide bonds. The summed E-state index contributed by atoms with van der Waals surface area (Å²) in [4.78, 5) is 9.21. The number of hydrogen-bond donors (Lipinski definition) is 0. The third kappa shape index (κ3) is 5.64. The van der Waals surface area contributed by atoms with E-state index in [1.807, 2.05) is 0 Å². The third-order valence-electron chi connectivity index (χ3n) is 0.447. The number of aliphatic carboxylic acids is 1. The maximum Gasteiger partial charge on any atom is 1.00 e. The maximum absolute atomic E-state index is 11.4. The van der Waals surface area contributed by atoms with Crippen LogP contribution in [0.25, 0.3) is 0 Å². The molecule has 0 aromatic carbocycles.